The summed E-state index contributed by atoms with van der Waals surface area (Å²) in [5.74, 6) is 1.47. The van der Waals surface area contributed by atoms with Gasteiger partial charge in [-0.15, -0.1) is 0 Å². The predicted molar refractivity (Wildman–Crippen MR) is 88.6 cm³/mol. The average molecular weight is 304 g/mol. The third kappa shape index (κ3) is 5.04. The van der Waals surface area contributed by atoms with Gasteiger partial charge in [0.05, 0.1) is 6.61 Å². The maximum atomic E-state index is 11.6. The minimum atomic E-state index is 0.171. The van der Waals surface area contributed by atoms with Gasteiger partial charge in [0, 0.05) is 18.9 Å². The van der Waals surface area contributed by atoms with Gasteiger partial charge in [-0.2, -0.15) is 0 Å². The monoisotopic (exact) mass is 304 g/mol. The minimum Gasteiger partial charge on any atom is -0.508 e. The van der Waals surface area contributed by atoms with Gasteiger partial charge in [-0.1, -0.05) is 38.7 Å². The zero-order chi connectivity index (χ0) is 15.8. The maximum Gasteiger partial charge on any atom is 0.133 e. The number of carbonyl (C=O) groups excluding carboxylic acids is 1. The Hall–Kier alpha value is -1.51. The first-order chi connectivity index (χ1) is 10.7. The lowest BCUT2D eigenvalue weighted by Crippen LogP contribution is -2.13. The van der Waals surface area contributed by atoms with Crippen LogP contribution >= 0.6 is 0 Å². The van der Waals surface area contributed by atoms with Crippen LogP contribution in [0.2, 0.25) is 0 Å². The first-order valence-corrected chi connectivity index (χ1v) is 8.68. The molecule has 0 aromatic heterocycles. The Morgan fingerprint density at radius 2 is 2.05 bits per heavy atom. The fraction of sp³-hybridized carbons (Fsp3) is 0.632. The molecule has 0 radical (unpaired) electrons. The molecular formula is C19H28O3. The van der Waals surface area contributed by atoms with E-state index in [1.165, 1.54) is 25.7 Å². The highest BCUT2D eigenvalue weighted by molar-refractivity contribution is 5.80. The molecule has 1 N–H and O–H groups in total. The second-order valence-electron chi connectivity index (χ2n) is 6.32. The van der Waals surface area contributed by atoms with Crippen molar-refractivity contribution in [3.8, 4) is 11.5 Å². The summed E-state index contributed by atoms with van der Waals surface area (Å²) in [6.45, 7) is 2.91. The lowest BCUT2D eigenvalue weighted by molar-refractivity contribution is -0.120. The number of hydrogen-bond acceptors (Lipinski definition) is 3. The molecule has 22 heavy (non-hydrogen) atoms. The number of Topliss-reactive ketones (excluding diaryl/α,β-unsaturated/α-hetero) is 1. The Balaban J connectivity index is 1.82. The van der Waals surface area contributed by atoms with Crippen LogP contribution in [0.25, 0.3) is 0 Å². The van der Waals surface area contributed by atoms with E-state index in [9.17, 15) is 9.90 Å². The van der Waals surface area contributed by atoms with Gasteiger partial charge in [-0.05, 0) is 36.8 Å². The number of phenols is 1. The molecule has 1 saturated carbocycles. The van der Waals surface area contributed by atoms with Crippen LogP contribution in [0.5, 0.6) is 11.5 Å². The summed E-state index contributed by atoms with van der Waals surface area (Å²) in [6, 6.07) is 5.53. The molecule has 0 bridgehead atoms. The molecule has 0 heterocycles. The van der Waals surface area contributed by atoms with Crippen molar-refractivity contribution < 1.29 is 14.6 Å². The molecule has 0 spiro atoms. The molecule has 3 nitrogen and oxygen atoms in total. The zero-order valence-corrected chi connectivity index (χ0v) is 13.6. The van der Waals surface area contributed by atoms with E-state index < -0.39 is 0 Å². The molecule has 1 aliphatic carbocycles. The summed E-state index contributed by atoms with van der Waals surface area (Å²) in [5, 5.41) is 10.2. The molecule has 1 atom stereocenters. The van der Waals surface area contributed by atoms with E-state index >= 15 is 0 Å². The van der Waals surface area contributed by atoms with Crippen molar-refractivity contribution in [2.75, 3.05) is 6.61 Å². The lowest BCUT2D eigenvalue weighted by atomic mass is 9.83. The van der Waals surface area contributed by atoms with Gasteiger partial charge in [-0.3, -0.25) is 4.79 Å². The fourth-order valence-corrected chi connectivity index (χ4v) is 3.14. The molecule has 0 saturated heterocycles. The molecule has 2 rings (SSSR count). The maximum absolute atomic E-state index is 11.6. The molecule has 0 aliphatic heterocycles. The Morgan fingerprint density at radius 3 is 2.77 bits per heavy atom. The first-order valence-electron chi connectivity index (χ1n) is 8.68. The van der Waals surface area contributed by atoms with Crippen molar-refractivity contribution in [2.24, 2.45) is 0 Å². The minimum absolute atomic E-state index is 0.171. The van der Waals surface area contributed by atoms with Crippen molar-refractivity contribution in [2.45, 2.75) is 70.6 Å². The highest BCUT2D eigenvalue weighted by Crippen LogP contribution is 2.37. The van der Waals surface area contributed by atoms with Gasteiger partial charge in [0.25, 0.3) is 0 Å². The number of unbranched alkanes of at least 4 members (excludes halogenated alkanes) is 4. The summed E-state index contributed by atoms with van der Waals surface area (Å²) in [7, 11) is 0. The van der Waals surface area contributed by atoms with Crippen LogP contribution in [-0.2, 0) is 4.79 Å². The number of benzene rings is 1. The van der Waals surface area contributed by atoms with Crippen LogP contribution < -0.4 is 4.74 Å². The Morgan fingerprint density at radius 1 is 1.23 bits per heavy atom. The van der Waals surface area contributed by atoms with Crippen molar-refractivity contribution in [1.29, 1.82) is 0 Å². The summed E-state index contributed by atoms with van der Waals surface area (Å²) in [4.78, 5) is 11.6. The van der Waals surface area contributed by atoms with Crippen molar-refractivity contribution in [3.05, 3.63) is 23.8 Å². The van der Waals surface area contributed by atoms with Gasteiger partial charge in [0.1, 0.15) is 17.3 Å². The number of rotatable bonds is 8. The molecule has 1 aromatic rings. The quantitative estimate of drug-likeness (QED) is 0.690. The van der Waals surface area contributed by atoms with Crippen LogP contribution in [0.4, 0.5) is 0 Å². The third-order valence-corrected chi connectivity index (χ3v) is 4.44. The highest BCUT2D eigenvalue weighted by Gasteiger charge is 2.23. The number of ketones is 1. The number of aromatic hydroxyl groups is 1. The van der Waals surface area contributed by atoms with E-state index in [1.807, 2.05) is 12.1 Å². The number of ether oxygens (including phenoxy) is 1. The SMILES string of the molecule is CCCCCCCOc1ccc(C2CCCC(=O)C2)c(O)c1. The van der Waals surface area contributed by atoms with Gasteiger partial charge in [-0.25, -0.2) is 0 Å². The second-order valence-corrected chi connectivity index (χ2v) is 6.32. The average Bonchev–Trinajstić information content (AvgIpc) is 2.51. The summed E-state index contributed by atoms with van der Waals surface area (Å²) in [5.41, 5.74) is 0.892. The summed E-state index contributed by atoms with van der Waals surface area (Å²) < 4.78 is 5.70. The molecule has 1 fully saturated rings. The van der Waals surface area contributed by atoms with Gasteiger partial charge in [0.2, 0.25) is 0 Å². The molecular weight excluding hydrogens is 276 g/mol. The number of hydrogen-bond donors (Lipinski definition) is 1. The smallest absolute Gasteiger partial charge is 0.133 e. The Bertz CT molecular complexity index is 482. The normalized spacial score (nSPS) is 18.4. The van der Waals surface area contributed by atoms with E-state index in [-0.39, 0.29) is 11.7 Å². The van der Waals surface area contributed by atoms with Gasteiger partial charge >= 0.3 is 0 Å². The van der Waals surface area contributed by atoms with Crippen molar-refractivity contribution in [3.63, 3.8) is 0 Å². The van der Waals surface area contributed by atoms with E-state index in [0.717, 1.165) is 30.6 Å². The van der Waals surface area contributed by atoms with E-state index in [0.29, 0.717) is 25.2 Å². The molecule has 122 valence electrons. The number of phenolic OH excluding ortho intramolecular Hbond substituents is 1. The van der Waals surface area contributed by atoms with Gasteiger partial charge in [0.15, 0.2) is 0 Å². The number of carbonyl (C=O) groups is 1. The van der Waals surface area contributed by atoms with E-state index in [4.69, 9.17) is 4.74 Å². The summed E-state index contributed by atoms with van der Waals surface area (Å²) >= 11 is 0. The van der Waals surface area contributed by atoms with Crippen LogP contribution in [0, 0.1) is 0 Å². The Labute approximate surface area is 133 Å². The van der Waals surface area contributed by atoms with E-state index in [1.54, 1.807) is 6.07 Å². The third-order valence-electron chi connectivity index (χ3n) is 4.44. The Kier molecular flexibility index (Phi) is 6.75. The predicted octanol–water partition coefficient (Wildman–Crippen LogP) is 4.97. The first kappa shape index (κ1) is 16.9. The molecule has 3 heteroatoms. The standard InChI is InChI=1S/C19H28O3/c1-2-3-4-5-6-12-22-17-10-11-18(19(21)14-17)15-8-7-9-16(20)13-15/h10-11,14-15,21H,2-9,12-13H2,1H3. The summed E-state index contributed by atoms with van der Waals surface area (Å²) in [6.07, 6.45) is 9.22. The van der Waals surface area contributed by atoms with E-state index in [2.05, 4.69) is 6.92 Å². The van der Waals surface area contributed by atoms with Crippen molar-refractivity contribution in [1.82, 2.24) is 0 Å². The van der Waals surface area contributed by atoms with Crippen molar-refractivity contribution >= 4 is 5.78 Å². The lowest BCUT2D eigenvalue weighted by Gasteiger charge is -2.22. The van der Waals surface area contributed by atoms with Crippen LogP contribution in [0.1, 0.15) is 76.2 Å². The molecule has 1 aliphatic rings. The van der Waals surface area contributed by atoms with Gasteiger partial charge < -0.3 is 9.84 Å². The molecule has 0 amide bonds. The fourth-order valence-electron chi connectivity index (χ4n) is 3.14. The molecule has 1 unspecified atom stereocenters. The zero-order valence-electron chi connectivity index (χ0n) is 13.6. The topological polar surface area (TPSA) is 46.5 Å². The highest BCUT2D eigenvalue weighted by atomic mass is 16.5. The van der Waals surface area contributed by atoms with Crippen LogP contribution in [0.15, 0.2) is 18.2 Å². The van der Waals surface area contributed by atoms with Crippen LogP contribution in [-0.4, -0.2) is 17.5 Å². The molecule has 1 aromatic carbocycles. The largest absolute Gasteiger partial charge is 0.508 e. The van der Waals surface area contributed by atoms with Crippen LogP contribution in [0.3, 0.4) is 0 Å². The second kappa shape index (κ2) is 8.82.